The van der Waals surface area contributed by atoms with Crippen LogP contribution in [-0.2, 0) is 6.42 Å². The fraction of sp³-hybridized carbons (Fsp3) is 0.0500. The van der Waals surface area contributed by atoms with Crippen molar-refractivity contribution in [3.63, 3.8) is 0 Å². The molecule has 9 heteroatoms. The predicted molar refractivity (Wildman–Crippen MR) is 100 cm³/mol. The van der Waals surface area contributed by atoms with Gasteiger partial charge in [-0.3, -0.25) is 19.7 Å². The van der Waals surface area contributed by atoms with Crippen LogP contribution in [0, 0.1) is 11.6 Å². The van der Waals surface area contributed by atoms with E-state index < -0.39 is 23.0 Å². The van der Waals surface area contributed by atoms with Gasteiger partial charge in [0, 0.05) is 17.3 Å². The molecule has 0 N–H and O–H groups in total. The number of Topliss-reactive ketones (excluding diaryl/α,β-unsaturated/α-hetero) is 1. The quantitative estimate of drug-likeness (QED) is 0.447. The van der Waals surface area contributed by atoms with Gasteiger partial charge < -0.3 is 4.42 Å². The van der Waals surface area contributed by atoms with E-state index in [9.17, 15) is 13.6 Å². The van der Waals surface area contributed by atoms with Gasteiger partial charge in [-0.25, -0.2) is 13.8 Å². The smallest absolute Gasteiger partial charge is 0.225 e. The van der Waals surface area contributed by atoms with E-state index in [1.54, 1.807) is 18.2 Å². The highest BCUT2D eigenvalue weighted by Crippen LogP contribution is 2.30. The molecular formula is C20H11ClF2N4O2. The zero-order valence-electron chi connectivity index (χ0n) is 14.6. The molecule has 29 heavy (non-hydrogen) atoms. The van der Waals surface area contributed by atoms with Crippen LogP contribution in [-0.4, -0.2) is 25.7 Å². The molecule has 3 heterocycles. The highest BCUT2D eigenvalue weighted by molar-refractivity contribution is 6.33. The summed E-state index contributed by atoms with van der Waals surface area (Å²) >= 11 is 6.27. The number of oxazole rings is 1. The molecule has 0 atom stereocenters. The molecule has 0 saturated carbocycles. The minimum Gasteiger partial charge on any atom is -0.445 e. The lowest BCUT2D eigenvalue weighted by atomic mass is 10.1. The fourth-order valence-corrected chi connectivity index (χ4v) is 2.95. The molecule has 0 bridgehead atoms. The molecule has 0 unspecified atom stereocenters. The van der Waals surface area contributed by atoms with E-state index in [2.05, 4.69) is 19.9 Å². The fourth-order valence-electron chi connectivity index (χ4n) is 2.74. The molecule has 0 amide bonds. The first-order chi connectivity index (χ1) is 14.0. The second-order valence-electron chi connectivity index (χ2n) is 6.00. The summed E-state index contributed by atoms with van der Waals surface area (Å²) in [4.78, 5) is 28.1. The Bertz CT molecular complexity index is 1160. The molecule has 6 nitrogen and oxygen atoms in total. The molecule has 144 valence electrons. The van der Waals surface area contributed by atoms with Crippen molar-refractivity contribution in [3.05, 3.63) is 83.4 Å². The van der Waals surface area contributed by atoms with Gasteiger partial charge in [0.25, 0.3) is 0 Å². The minimum atomic E-state index is -1.02. The van der Waals surface area contributed by atoms with Crippen LogP contribution in [0.25, 0.3) is 22.7 Å². The van der Waals surface area contributed by atoms with E-state index in [0.29, 0.717) is 27.7 Å². The normalized spacial score (nSPS) is 10.9. The molecule has 0 aliphatic heterocycles. The summed E-state index contributed by atoms with van der Waals surface area (Å²) < 4.78 is 32.7. The molecule has 0 spiro atoms. The predicted octanol–water partition coefficient (Wildman–Crippen LogP) is 4.55. The number of hydrogen-bond acceptors (Lipinski definition) is 6. The van der Waals surface area contributed by atoms with Crippen molar-refractivity contribution < 1.29 is 18.0 Å². The van der Waals surface area contributed by atoms with Crippen LogP contribution in [0.1, 0.15) is 16.1 Å². The molecule has 0 fully saturated rings. The first-order valence-corrected chi connectivity index (χ1v) is 8.73. The lowest BCUT2D eigenvalue weighted by Gasteiger charge is -2.07. The van der Waals surface area contributed by atoms with Crippen molar-refractivity contribution in [1.29, 1.82) is 0 Å². The highest BCUT2D eigenvalue weighted by Gasteiger charge is 2.19. The molecule has 0 aliphatic rings. The van der Waals surface area contributed by atoms with E-state index in [4.69, 9.17) is 16.0 Å². The number of carbonyl (C=O) groups excluding carboxylic acids is 1. The van der Waals surface area contributed by atoms with Gasteiger partial charge in [-0.1, -0.05) is 11.6 Å². The summed E-state index contributed by atoms with van der Waals surface area (Å²) in [6.07, 6.45) is 7.05. The van der Waals surface area contributed by atoms with E-state index in [1.807, 2.05) is 0 Å². The van der Waals surface area contributed by atoms with Crippen LogP contribution in [0.15, 0.2) is 59.9 Å². The monoisotopic (exact) mass is 412 g/mol. The standard InChI is InChI=1S/C20H11ClF2N4O2/c21-14-2-1-11(20-25-3-4-29-20)5-13(14)17-10-26-12(7-27-17)6-18(28)19-15(22)8-24-9-16(19)23/h1-5,7-10H,6H2. The molecule has 3 aromatic heterocycles. The van der Waals surface area contributed by atoms with Crippen LogP contribution in [0.5, 0.6) is 0 Å². The van der Waals surface area contributed by atoms with Crippen LogP contribution in [0.4, 0.5) is 8.78 Å². The van der Waals surface area contributed by atoms with E-state index in [-0.39, 0.29) is 12.1 Å². The van der Waals surface area contributed by atoms with Crippen molar-refractivity contribution in [1.82, 2.24) is 19.9 Å². The van der Waals surface area contributed by atoms with Crippen molar-refractivity contribution in [2.24, 2.45) is 0 Å². The number of hydrogen-bond donors (Lipinski definition) is 0. The van der Waals surface area contributed by atoms with Crippen LogP contribution < -0.4 is 0 Å². The lowest BCUT2D eigenvalue weighted by Crippen LogP contribution is -2.11. The van der Waals surface area contributed by atoms with Gasteiger partial charge in [0.15, 0.2) is 17.4 Å². The molecule has 0 aliphatic carbocycles. The highest BCUT2D eigenvalue weighted by atomic mass is 35.5. The maximum Gasteiger partial charge on any atom is 0.225 e. The van der Waals surface area contributed by atoms with Crippen LogP contribution in [0.2, 0.25) is 5.02 Å². The molecule has 0 saturated heterocycles. The molecular weight excluding hydrogens is 402 g/mol. The second kappa shape index (κ2) is 7.84. The Morgan fingerprint density at radius 2 is 1.83 bits per heavy atom. The number of benzene rings is 1. The molecule has 4 rings (SSSR count). The van der Waals surface area contributed by atoms with Gasteiger partial charge in [0.1, 0.15) is 6.26 Å². The Morgan fingerprint density at radius 3 is 2.48 bits per heavy atom. The molecule has 0 radical (unpaired) electrons. The largest absolute Gasteiger partial charge is 0.445 e. The number of nitrogens with zero attached hydrogens (tertiary/aromatic N) is 4. The van der Waals surface area contributed by atoms with Gasteiger partial charge in [0.2, 0.25) is 5.89 Å². The summed E-state index contributed by atoms with van der Waals surface area (Å²) in [5.74, 6) is -2.36. The zero-order chi connectivity index (χ0) is 20.4. The third-order valence-electron chi connectivity index (χ3n) is 4.10. The van der Waals surface area contributed by atoms with E-state index >= 15 is 0 Å². The van der Waals surface area contributed by atoms with Crippen molar-refractivity contribution in [2.45, 2.75) is 6.42 Å². The number of pyridine rings is 1. The van der Waals surface area contributed by atoms with Gasteiger partial charge >= 0.3 is 0 Å². The molecule has 1 aromatic carbocycles. The Balaban J connectivity index is 1.59. The Kier molecular flexibility index (Phi) is 5.09. The average molecular weight is 413 g/mol. The maximum atomic E-state index is 13.7. The average Bonchev–Trinajstić information content (AvgIpc) is 3.24. The van der Waals surface area contributed by atoms with E-state index in [0.717, 1.165) is 12.4 Å². The Hall–Kier alpha value is -3.52. The molecule has 4 aromatic rings. The first-order valence-electron chi connectivity index (χ1n) is 8.36. The third kappa shape index (κ3) is 3.88. The van der Waals surface area contributed by atoms with E-state index in [1.165, 1.54) is 24.9 Å². The van der Waals surface area contributed by atoms with Crippen LogP contribution >= 0.6 is 11.6 Å². The second-order valence-corrected chi connectivity index (χ2v) is 6.41. The van der Waals surface area contributed by atoms with Crippen molar-refractivity contribution in [2.75, 3.05) is 0 Å². The zero-order valence-corrected chi connectivity index (χ0v) is 15.4. The third-order valence-corrected chi connectivity index (χ3v) is 4.43. The number of ketones is 1. The number of aromatic nitrogens is 4. The SMILES string of the molecule is O=C(Cc1cnc(-c2cc(-c3ncco3)ccc2Cl)cn1)c1c(F)cncc1F. The lowest BCUT2D eigenvalue weighted by molar-refractivity contribution is 0.0983. The maximum absolute atomic E-state index is 13.7. The first kappa shape index (κ1) is 18.8. The van der Waals surface area contributed by atoms with Gasteiger partial charge in [-0.2, -0.15) is 0 Å². The van der Waals surface area contributed by atoms with Gasteiger partial charge in [0.05, 0.1) is 53.2 Å². The Morgan fingerprint density at radius 1 is 1.03 bits per heavy atom. The van der Waals surface area contributed by atoms with Gasteiger partial charge in [-0.05, 0) is 18.2 Å². The minimum absolute atomic E-state index is 0.259. The number of carbonyl (C=O) groups is 1. The van der Waals surface area contributed by atoms with Crippen molar-refractivity contribution in [3.8, 4) is 22.7 Å². The van der Waals surface area contributed by atoms with Gasteiger partial charge in [-0.15, -0.1) is 0 Å². The summed E-state index contributed by atoms with van der Waals surface area (Å²) in [7, 11) is 0. The summed E-state index contributed by atoms with van der Waals surface area (Å²) in [5, 5.41) is 0.444. The summed E-state index contributed by atoms with van der Waals surface area (Å²) in [6.45, 7) is 0. The number of halogens is 3. The van der Waals surface area contributed by atoms with Crippen molar-refractivity contribution >= 4 is 17.4 Å². The summed E-state index contributed by atoms with van der Waals surface area (Å²) in [5.41, 5.74) is 1.38. The topological polar surface area (TPSA) is 81.8 Å². The summed E-state index contributed by atoms with van der Waals surface area (Å²) in [6, 6.07) is 5.20. The Labute approximate surface area is 168 Å². The number of rotatable bonds is 5. The van der Waals surface area contributed by atoms with Crippen LogP contribution in [0.3, 0.4) is 0 Å².